The Morgan fingerprint density at radius 3 is 2.83 bits per heavy atom. The summed E-state index contributed by atoms with van der Waals surface area (Å²) >= 11 is 0. The summed E-state index contributed by atoms with van der Waals surface area (Å²) in [4.78, 5) is 12.7. The maximum atomic E-state index is 10.8. The number of aryl methyl sites for hydroxylation is 1. The fraction of sp³-hybridized carbons (Fsp3) is 0.538. The van der Waals surface area contributed by atoms with Crippen molar-refractivity contribution in [3.63, 3.8) is 0 Å². The summed E-state index contributed by atoms with van der Waals surface area (Å²) in [7, 11) is 0. The van der Waals surface area contributed by atoms with Crippen molar-refractivity contribution in [2.24, 2.45) is 11.7 Å². The zero-order valence-electron chi connectivity index (χ0n) is 10.8. The van der Waals surface area contributed by atoms with Gasteiger partial charge in [-0.15, -0.1) is 0 Å². The van der Waals surface area contributed by atoms with Crippen molar-refractivity contribution in [2.45, 2.75) is 26.3 Å². The molecule has 1 saturated heterocycles. The molecule has 1 fully saturated rings. The molecular weight excluding hydrogens is 230 g/mol. The number of piperidine rings is 1. The maximum Gasteiger partial charge on any atom is 0.271 e. The Hall–Kier alpha value is -1.62. The average Bonchev–Trinajstić information content (AvgIpc) is 2.33. The molecule has 18 heavy (non-hydrogen) atoms. The van der Waals surface area contributed by atoms with Crippen LogP contribution in [0.15, 0.2) is 18.2 Å². The highest BCUT2D eigenvalue weighted by Crippen LogP contribution is 2.29. The summed E-state index contributed by atoms with van der Waals surface area (Å²) in [6, 6.07) is 5.27. The fourth-order valence-electron chi connectivity index (χ4n) is 2.43. The van der Waals surface area contributed by atoms with Crippen LogP contribution in [0.5, 0.6) is 0 Å². The standard InChI is InChI=1S/C13H19N3O2/c1-9-3-4-11(16(17)18)7-13(9)15-6-5-12(14)10(2)8-15/h3-4,7,10,12H,5-6,8,14H2,1-2H3. The smallest absolute Gasteiger partial charge is 0.271 e. The number of anilines is 1. The largest absolute Gasteiger partial charge is 0.371 e. The normalized spacial score (nSPS) is 24.1. The van der Waals surface area contributed by atoms with Gasteiger partial charge in [-0.2, -0.15) is 0 Å². The highest BCUT2D eigenvalue weighted by molar-refractivity contribution is 5.59. The van der Waals surface area contributed by atoms with Gasteiger partial charge in [-0.3, -0.25) is 10.1 Å². The van der Waals surface area contributed by atoms with E-state index in [9.17, 15) is 10.1 Å². The van der Waals surface area contributed by atoms with Crippen molar-refractivity contribution in [3.05, 3.63) is 33.9 Å². The van der Waals surface area contributed by atoms with Crippen LogP contribution in [0, 0.1) is 23.0 Å². The van der Waals surface area contributed by atoms with Gasteiger partial charge in [0.2, 0.25) is 0 Å². The van der Waals surface area contributed by atoms with Gasteiger partial charge in [-0.25, -0.2) is 0 Å². The molecule has 5 nitrogen and oxygen atoms in total. The summed E-state index contributed by atoms with van der Waals surface area (Å²) in [5.41, 5.74) is 8.18. The Kier molecular flexibility index (Phi) is 3.52. The lowest BCUT2D eigenvalue weighted by molar-refractivity contribution is -0.384. The zero-order valence-corrected chi connectivity index (χ0v) is 10.8. The summed E-state index contributed by atoms with van der Waals surface area (Å²) < 4.78 is 0. The summed E-state index contributed by atoms with van der Waals surface area (Å²) in [6.07, 6.45) is 0.934. The molecule has 1 aliphatic rings. The number of rotatable bonds is 2. The molecule has 1 aliphatic heterocycles. The number of benzene rings is 1. The zero-order chi connectivity index (χ0) is 13.3. The topological polar surface area (TPSA) is 72.4 Å². The van der Waals surface area contributed by atoms with Gasteiger partial charge < -0.3 is 10.6 Å². The Bertz CT molecular complexity index is 462. The molecule has 2 N–H and O–H groups in total. The minimum Gasteiger partial charge on any atom is -0.371 e. The van der Waals surface area contributed by atoms with Crippen LogP contribution in [0.4, 0.5) is 11.4 Å². The van der Waals surface area contributed by atoms with E-state index in [-0.39, 0.29) is 16.7 Å². The number of hydrogen-bond acceptors (Lipinski definition) is 4. The third-order valence-corrected chi connectivity index (χ3v) is 3.72. The molecule has 98 valence electrons. The van der Waals surface area contributed by atoms with E-state index < -0.39 is 0 Å². The summed E-state index contributed by atoms with van der Waals surface area (Å²) in [6.45, 7) is 5.85. The van der Waals surface area contributed by atoms with Crippen molar-refractivity contribution >= 4 is 11.4 Å². The van der Waals surface area contributed by atoms with Crippen LogP contribution in [-0.4, -0.2) is 24.1 Å². The highest BCUT2D eigenvalue weighted by atomic mass is 16.6. The molecule has 0 spiro atoms. The second-order valence-corrected chi connectivity index (χ2v) is 5.10. The third kappa shape index (κ3) is 2.46. The molecule has 2 atom stereocenters. The molecular formula is C13H19N3O2. The number of non-ortho nitro benzene ring substituents is 1. The van der Waals surface area contributed by atoms with E-state index in [2.05, 4.69) is 11.8 Å². The van der Waals surface area contributed by atoms with E-state index >= 15 is 0 Å². The summed E-state index contributed by atoms with van der Waals surface area (Å²) in [5.74, 6) is 0.414. The monoisotopic (exact) mass is 249 g/mol. The van der Waals surface area contributed by atoms with Gasteiger partial charge >= 0.3 is 0 Å². The number of hydrogen-bond donors (Lipinski definition) is 1. The SMILES string of the molecule is Cc1ccc([N+](=O)[O-])cc1N1CCC(N)C(C)C1. The van der Waals surface area contributed by atoms with Gasteiger partial charge in [0, 0.05) is 37.0 Å². The molecule has 2 unspecified atom stereocenters. The maximum absolute atomic E-state index is 10.8. The van der Waals surface area contributed by atoms with E-state index in [1.807, 2.05) is 13.0 Å². The van der Waals surface area contributed by atoms with E-state index in [4.69, 9.17) is 5.73 Å². The predicted octanol–water partition coefficient (Wildman–Crippen LogP) is 2.08. The Morgan fingerprint density at radius 2 is 2.22 bits per heavy atom. The predicted molar refractivity (Wildman–Crippen MR) is 71.8 cm³/mol. The van der Waals surface area contributed by atoms with Crippen LogP contribution in [-0.2, 0) is 0 Å². The van der Waals surface area contributed by atoms with Gasteiger partial charge in [-0.1, -0.05) is 13.0 Å². The molecule has 0 saturated carbocycles. The Labute approximate surface area is 107 Å². The van der Waals surface area contributed by atoms with Crippen LogP contribution in [0.1, 0.15) is 18.9 Å². The van der Waals surface area contributed by atoms with Crippen LogP contribution in [0.2, 0.25) is 0 Å². The van der Waals surface area contributed by atoms with Crippen LogP contribution >= 0.6 is 0 Å². The number of nitro groups is 1. The molecule has 1 aromatic rings. The number of nitrogens with two attached hydrogens (primary N) is 1. The first-order valence-electron chi connectivity index (χ1n) is 6.24. The number of nitro benzene ring substituents is 1. The van der Waals surface area contributed by atoms with Gasteiger partial charge in [0.25, 0.3) is 5.69 Å². The van der Waals surface area contributed by atoms with Gasteiger partial charge in [0.15, 0.2) is 0 Å². The third-order valence-electron chi connectivity index (χ3n) is 3.72. The first-order valence-corrected chi connectivity index (χ1v) is 6.24. The minimum atomic E-state index is -0.345. The van der Waals surface area contributed by atoms with E-state index in [1.165, 1.54) is 0 Å². The summed E-state index contributed by atoms with van der Waals surface area (Å²) in [5, 5.41) is 10.8. The van der Waals surface area contributed by atoms with Crippen LogP contribution in [0.3, 0.4) is 0 Å². The lowest BCUT2D eigenvalue weighted by Gasteiger charge is -2.37. The van der Waals surface area contributed by atoms with Gasteiger partial charge in [-0.05, 0) is 24.8 Å². The van der Waals surface area contributed by atoms with Gasteiger partial charge in [0.1, 0.15) is 0 Å². The highest BCUT2D eigenvalue weighted by Gasteiger charge is 2.24. The molecule has 2 rings (SSSR count). The first-order chi connectivity index (χ1) is 8.49. The Morgan fingerprint density at radius 1 is 1.50 bits per heavy atom. The second kappa shape index (κ2) is 4.94. The lowest BCUT2D eigenvalue weighted by Crippen LogP contribution is -2.46. The molecule has 0 aromatic heterocycles. The van der Waals surface area contributed by atoms with Crippen LogP contribution in [0.25, 0.3) is 0 Å². The molecule has 0 bridgehead atoms. The molecule has 5 heteroatoms. The van der Waals surface area contributed by atoms with E-state index in [1.54, 1.807) is 12.1 Å². The molecule has 0 radical (unpaired) electrons. The van der Waals surface area contributed by atoms with Crippen molar-refractivity contribution in [2.75, 3.05) is 18.0 Å². The van der Waals surface area contributed by atoms with Crippen LogP contribution < -0.4 is 10.6 Å². The molecule has 1 aromatic carbocycles. The quantitative estimate of drug-likeness (QED) is 0.643. The second-order valence-electron chi connectivity index (χ2n) is 5.10. The minimum absolute atomic E-state index is 0.151. The lowest BCUT2D eigenvalue weighted by atomic mass is 9.94. The molecule has 0 amide bonds. The molecule has 1 heterocycles. The first kappa shape index (κ1) is 12.8. The molecule has 0 aliphatic carbocycles. The van der Waals surface area contributed by atoms with Crippen molar-refractivity contribution in [1.82, 2.24) is 0 Å². The van der Waals surface area contributed by atoms with Crippen molar-refractivity contribution < 1.29 is 4.92 Å². The van der Waals surface area contributed by atoms with E-state index in [0.29, 0.717) is 5.92 Å². The number of nitrogens with zero attached hydrogens (tertiary/aromatic N) is 2. The average molecular weight is 249 g/mol. The fourth-order valence-corrected chi connectivity index (χ4v) is 2.43. The van der Waals surface area contributed by atoms with E-state index in [0.717, 1.165) is 30.8 Å². The van der Waals surface area contributed by atoms with Crippen molar-refractivity contribution in [1.29, 1.82) is 0 Å². The van der Waals surface area contributed by atoms with Crippen molar-refractivity contribution in [3.8, 4) is 0 Å². The Balaban J connectivity index is 2.27. The van der Waals surface area contributed by atoms with Gasteiger partial charge in [0.05, 0.1) is 4.92 Å².